The molecule has 0 spiro atoms. The lowest BCUT2D eigenvalue weighted by Gasteiger charge is -2.06. The Bertz CT molecular complexity index is 538. The van der Waals surface area contributed by atoms with Gasteiger partial charge in [0.2, 0.25) is 0 Å². The van der Waals surface area contributed by atoms with E-state index in [1.807, 2.05) is 30.3 Å². The van der Waals surface area contributed by atoms with Gasteiger partial charge in [0.05, 0.1) is 0 Å². The van der Waals surface area contributed by atoms with Gasteiger partial charge in [-0.2, -0.15) is 4.37 Å². The second-order valence-corrected chi connectivity index (χ2v) is 4.46. The molecule has 0 aliphatic heterocycles. The summed E-state index contributed by atoms with van der Waals surface area (Å²) in [5.74, 6) is 0.0340. The Morgan fingerprint density at radius 1 is 1.39 bits per heavy atom. The molecule has 0 bridgehead atoms. The molecule has 0 aliphatic carbocycles. The van der Waals surface area contributed by atoms with Crippen molar-refractivity contribution in [2.45, 2.75) is 6.54 Å². The Labute approximate surface area is 109 Å². The third kappa shape index (κ3) is 2.60. The molecule has 0 fully saturated rings. The fourth-order valence-electron chi connectivity index (χ4n) is 1.55. The van der Waals surface area contributed by atoms with Gasteiger partial charge in [0.25, 0.3) is 5.91 Å². The third-order valence-corrected chi connectivity index (χ3v) is 3.29. The van der Waals surface area contributed by atoms with E-state index in [0.717, 1.165) is 5.56 Å². The predicted octanol–water partition coefficient (Wildman–Crippen LogP) is 1.70. The molecular weight excluding hydrogens is 248 g/mol. The summed E-state index contributed by atoms with van der Waals surface area (Å²) in [4.78, 5) is 11.7. The standard InChI is InChI=1S/C12H14N4OS/c1-14-11(17)9-10(13)16-18-12(9)15-7-8-5-3-2-4-6-8/h2-6,15H,7H2,1H3,(H2,13,16)(H,14,17). The molecule has 6 heteroatoms. The second-order valence-electron chi connectivity index (χ2n) is 3.69. The summed E-state index contributed by atoms with van der Waals surface area (Å²) in [5.41, 5.74) is 7.23. The Morgan fingerprint density at radius 3 is 2.78 bits per heavy atom. The number of anilines is 2. The summed E-state index contributed by atoms with van der Waals surface area (Å²) in [6.45, 7) is 0.631. The topological polar surface area (TPSA) is 80.0 Å². The fraction of sp³-hybridized carbons (Fsp3) is 0.167. The number of nitrogens with zero attached hydrogens (tertiary/aromatic N) is 1. The molecule has 0 radical (unpaired) electrons. The van der Waals surface area contributed by atoms with E-state index in [4.69, 9.17) is 5.73 Å². The quantitative estimate of drug-likeness (QED) is 0.783. The highest BCUT2D eigenvalue weighted by molar-refractivity contribution is 7.11. The largest absolute Gasteiger partial charge is 0.382 e. The highest BCUT2D eigenvalue weighted by Crippen LogP contribution is 2.26. The van der Waals surface area contributed by atoms with E-state index in [2.05, 4.69) is 15.0 Å². The van der Waals surface area contributed by atoms with Crippen LogP contribution in [0.1, 0.15) is 15.9 Å². The van der Waals surface area contributed by atoms with Crippen LogP contribution in [0.2, 0.25) is 0 Å². The van der Waals surface area contributed by atoms with Crippen LogP contribution < -0.4 is 16.4 Å². The molecule has 5 nitrogen and oxygen atoms in total. The van der Waals surface area contributed by atoms with Crippen LogP contribution >= 0.6 is 11.5 Å². The molecule has 1 aromatic heterocycles. The van der Waals surface area contributed by atoms with E-state index in [0.29, 0.717) is 17.1 Å². The van der Waals surface area contributed by atoms with E-state index in [9.17, 15) is 4.79 Å². The van der Waals surface area contributed by atoms with Gasteiger partial charge in [0, 0.05) is 13.6 Å². The molecule has 18 heavy (non-hydrogen) atoms. The highest BCUT2D eigenvalue weighted by Gasteiger charge is 2.17. The lowest BCUT2D eigenvalue weighted by molar-refractivity contribution is 0.0965. The van der Waals surface area contributed by atoms with Gasteiger partial charge in [-0.05, 0) is 17.1 Å². The van der Waals surface area contributed by atoms with Crippen molar-refractivity contribution in [3.8, 4) is 0 Å². The van der Waals surface area contributed by atoms with Crippen molar-refractivity contribution in [3.05, 3.63) is 41.5 Å². The van der Waals surface area contributed by atoms with Crippen molar-refractivity contribution in [2.24, 2.45) is 0 Å². The summed E-state index contributed by atoms with van der Waals surface area (Å²) >= 11 is 1.19. The molecule has 1 amide bonds. The summed E-state index contributed by atoms with van der Waals surface area (Å²) in [6, 6.07) is 9.92. The van der Waals surface area contributed by atoms with Gasteiger partial charge in [0.1, 0.15) is 10.6 Å². The molecule has 0 saturated heterocycles. The average Bonchev–Trinajstić information content (AvgIpc) is 2.78. The monoisotopic (exact) mass is 262 g/mol. The lowest BCUT2D eigenvalue weighted by atomic mass is 10.2. The smallest absolute Gasteiger partial charge is 0.257 e. The maximum atomic E-state index is 11.7. The number of nitrogens with two attached hydrogens (primary N) is 1. The molecule has 0 aliphatic rings. The minimum Gasteiger partial charge on any atom is -0.382 e. The van der Waals surface area contributed by atoms with E-state index in [-0.39, 0.29) is 11.7 Å². The van der Waals surface area contributed by atoms with Crippen molar-refractivity contribution in [2.75, 3.05) is 18.1 Å². The minimum absolute atomic E-state index is 0.225. The van der Waals surface area contributed by atoms with Gasteiger partial charge in [-0.3, -0.25) is 4.79 Å². The SMILES string of the molecule is CNC(=O)c1c(N)nsc1NCc1ccccc1. The zero-order chi connectivity index (χ0) is 13.0. The van der Waals surface area contributed by atoms with Gasteiger partial charge >= 0.3 is 0 Å². The van der Waals surface area contributed by atoms with Crippen LogP contribution in [0.4, 0.5) is 10.8 Å². The van der Waals surface area contributed by atoms with Crippen molar-refractivity contribution < 1.29 is 4.79 Å². The van der Waals surface area contributed by atoms with E-state index < -0.39 is 0 Å². The fourth-order valence-corrected chi connectivity index (χ4v) is 2.25. The molecule has 0 saturated carbocycles. The van der Waals surface area contributed by atoms with Crippen LogP contribution in [0.5, 0.6) is 0 Å². The van der Waals surface area contributed by atoms with Gasteiger partial charge in [-0.1, -0.05) is 30.3 Å². The second kappa shape index (κ2) is 5.50. The summed E-state index contributed by atoms with van der Waals surface area (Å²) in [7, 11) is 1.57. The molecule has 1 aromatic carbocycles. The molecule has 2 rings (SSSR count). The number of carbonyl (C=O) groups excluding carboxylic acids is 1. The number of nitrogen functional groups attached to an aromatic ring is 1. The summed E-state index contributed by atoms with van der Waals surface area (Å²) in [6.07, 6.45) is 0. The van der Waals surface area contributed by atoms with Crippen molar-refractivity contribution >= 4 is 28.3 Å². The maximum absolute atomic E-state index is 11.7. The Kier molecular flexibility index (Phi) is 3.78. The van der Waals surface area contributed by atoms with Crippen LogP contribution in [0.3, 0.4) is 0 Å². The molecular formula is C12H14N4OS. The van der Waals surface area contributed by atoms with Gasteiger partial charge in [0.15, 0.2) is 5.82 Å². The predicted molar refractivity (Wildman–Crippen MR) is 73.7 cm³/mol. The highest BCUT2D eigenvalue weighted by atomic mass is 32.1. The van der Waals surface area contributed by atoms with Gasteiger partial charge < -0.3 is 16.4 Å². The van der Waals surface area contributed by atoms with Gasteiger partial charge in [-0.25, -0.2) is 0 Å². The Morgan fingerprint density at radius 2 is 2.11 bits per heavy atom. The number of hydrogen-bond donors (Lipinski definition) is 3. The van der Waals surface area contributed by atoms with E-state index in [1.165, 1.54) is 11.5 Å². The zero-order valence-electron chi connectivity index (χ0n) is 9.93. The molecule has 1 heterocycles. The summed E-state index contributed by atoms with van der Waals surface area (Å²) < 4.78 is 3.99. The average molecular weight is 262 g/mol. The van der Waals surface area contributed by atoms with Crippen LogP contribution in [0, 0.1) is 0 Å². The number of nitrogens with one attached hydrogen (secondary N) is 2. The third-order valence-electron chi connectivity index (χ3n) is 2.47. The summed E-state index contributed by atoms with van der Waals surface area (Å²) in [5, 5.41) is 6.43. The first-order valence-electron chi connectivity index (χ1n) is 5.47. The normalized spacial score (nSPS) is 10.1. The molecule has 94 valence electrons. The van der Waals surface area contributed by atoms with Crippen LogP contribution in [0.25, 0.3) is 0 Å². The number of amides is 1. The van der Waals surface area contributed by atoms with Crippen LogP contribution in [0.15, 0.2) is 30.3 Å². The molecule has 2 aromatic rings. The van der Waals surface area contributed by atoms with Crippen molar-refractivity contribution in [1.29, 1.82) is 0 Å². The van der Waals surface area contributed by atoms with Crippen molar-refractivity contribution in [1.82, 2.24) is 9.69 Å². The first-order chi connectivity index (χ1) is 8.72. The van der Waals surface area contributed by atoms with Gasteiger partial charge in [-0.15, -0.1) is 0 Å². The molecule has 4 N–H and O–H groups in total. The molecule has 0 unspecified atom stereocenters. The number of rotatable bonds is 4. The molecule has 0 atom stereocenters. The minimum atomic E-state index is -0.225. The van der Waals surface area contributed by atoms with E-state index in [1.54, 1.807) is 7.05 Å². The Balaban J connectivity index is 2.13. The Hall–Kier alpha value is -2.08. The number of carbonyl (C=O) groups is 1. The number of hydrogen-bond acceptors (Lipinski definition) is 5. The maximum Gasteiger partial charge on any atom is 0.257 e. The van der Waals surface area contributed by atoms with E-state index >= 15 is 0 Å². The van der Waals surface area contributed by atoms with Crippen LogP contribution in [-0.4, -0.2) is 17.3 Å². The number of benzene rings is 1. The van der Waals surface area contributed by atoms with Crippen molar-refractivity contribution in [3.63, 3.8) is 0 Å². The zero-order valence-corrected chi connectivity index (χ0v) is 10.8. The lowest BCUT2D eigenvalue weighted by Crippen LogP contribution is -2.20. The first-order valence-corrected chi connectivity index (χ1v) is 6.24. The van der Waals surface area contributed by atoms with Crippen LogP contribution in [-0.2, 0) is 6.54 Å². The number of aromatic nitrogens is 1. The first kappa shape index (κ1) is 12.4.